The van der Waals surface area contributed by atoms with Crippen LogP contribution in [0.1, 0.15) is 25.7 Å². The third-order valence-corrected chi connectivity index (χ3v) is 6.11. The third-order valence-electron chi connectivity index (χ3n) is 6.11. The van der Waals surface area contributed by atoms with Crippen molar-refractivity contribution in [2.45, 2.75) is 38.3 Å². The average Bonchev–Trinajstić information content (AvgIpc) is 3.25. The Morgan fingerprint density at radius 3 is 2.65 bits per heavy atom. The van der Waals surface area contributed by atoms with Gasteiger partial charge in [0.1, 0.15) is 5.75 Å². The highest BCUT2D eigenvalue weighted by Gasteiger charge is 2.36. The number of nitrogens with zero attached hydrogens (tertiary/aromatic N) is 4. The molecular formula is C24H26N4O3. The zero-order chi connectivity index (χ0) is 21.2. The number of ether oxygens (including phenoxy) is 1. The molecule has 2 aromatic carbocycles. The largest absolute Gasteiger partial charge is 0.476 e. The minimum atomic E-state index is -0.661. The molecule has 0 radical (unpaired) electrons. The number of rotatable bonds is 4. The third kappa shape index (κ3) is 3.87. The van der Waals surface area contributed by atoms with Crippen LogP contribution in [-0.2, 0) is 16.1 Å². The molecule has 0 saturated carbocycles. The smallest absolute Gasteiger partial charge is 0.265 e. The van der Waals surface area contributed by atoms with Crippen molar-refractivity contribution in [2.24, 2.45) is 0 Å². The van der Waals surface area contributed by atoms with Crippen LogP contribution in [0.4, 0.5) is 5.69 Å². The van der Waals surface area contributed by atoms with E-state index in [1.165, 1.54) is 0 Å². The van der Waals surface area contributed by atoms with E-state index in [2.05, 4.69) is 4.98 Å². The number of piperidine rings is 1. The van der Waals surface area contributed by atoms with Crippen LogP contribution in [0.15, 0.2) is 54.9 Å². The topological polar surface area (TPSA) is 67.7 Å². The molecule has 1 atom stereocenters. The summed E-state index contributed by atoms with van der Waals surface area (Å²) in [5.74, 6) is 0.545. The standard InChI is InChI=1S/C24H26N4O3/c29-23(12-15-27-17-25-18-8-2-3-9-19(18)27)28-16-22(24(30)26-13-6-1-7-14-26)31-21-11-5-4-10-20(21)28/h2-5,8-11,17,22H,1,6-7,12-16H2. The van der Waals surface area contributed by atoms with Crippen LogP contribution in [-0.4, -0.2) is 52.0 Å². The first-order valence-electron chi connectivity index (χ1n) is 11.0. The minimum absolute atomic E-state index is 0.0207. The first-order chi connectivity index (χ1) is 15.2. The Morgan fingerprint density at radius 2 is 1.77 bits per heavy atom. The Morgan fingerprint density at radius 1 is 1.00 bits per heavy atom. The molecule has 2 aliphatic rings. The highest BCUT2D eigenvalue weighted by atomic mass is 16.5. The van der Waals surface area contributed by atoms with E-state index in [9.17, 15) is 9.59 Å². The summed E-state index contributed by atoms with van der Waals surface area (Å²) < 4.78 is 8.03. The minimum Gasteiger partial charge on any atom is -0.476 e. The summed E-state index contributed by atoms with van der Waals surface area (Å²) in [5, 5.41) is 0. The van der Waals surface area contributed by atoms with Gasteiger partial charge in [0.25, 0.3) is 5.91 Å². The lowest BCUT2D eigenvalue weighted by Crippen LogP contribution is -2.52. The van der Waals surface area contributed by atoms with Crippen molar-refractivity contribution in [3.8, 4) is 5.75 Å². The SMILES string of the molecule is O=C(C1CN(C(=O)CCn2cnc3ccccc32)c2ccccc2O1)N1CCCCC1. The molecule has 0 spiro atoms. The molecule has 3 heterocycles. The number of amides is 2. The number of likely N-dealkylation sites (tertiary alicyclic amines) is 1. The van der Waals surface area contributed by atoms with Gasteiger partial charge >= 0.3 is 0 Å². The van der Waals surface area contributed by atoms with E-state index in [1.54, 1.807) is 11.2 Å². The molecule has 0 N–H and O–H groups in total. The fourth-order valence-corrected chi connectivity index (χ4v) is 4.46. The molecule has 0 aliphatic carbocycles. The number of carbonyl (C=O) groups is 2. The number of benzene rings is 2. The Hall–Kier alpha value is -3.35. The van der Waals surface area contributed by atoms with Gasteiger partial charge in [0.2, 0.25) is 5.91 Å². The molecule has 1 unspecified atom stereocenters. The van der Waals surface area contributed by atoms with Crippen LogP contribution in [0.5, 0.6) is 5.75 Å². The molecule has 1 saturated heterocycles. The van der Waals surface area contributed by atoms with E-state index >= 15 is 0 Å². The lowest BCUT2D eigenvalue weighted by molar-refractivity contribution is -0.139. The van der Waals surface area contributed by atoms with Gasteiger partial charge in [0, 0.05) is 26.1 Å². The van der Waals surface area contributed by atoms with Gasteiger partial charge in [0.15, 0.2) is 6.10 Å². The van der Waals surface area contributed by atoms with Crippen LogP contribution in [0.2, 0.25) is 0 Å². The molecule has 0 bridgehead atoms. The van der Waals surface area contributed by atoms with Gasteiger partial charge in [-0.2, -0.15) is 0 Å². The van der Waals surface area contributed by atoms with Crippen molar-refractivity contribution in [2.75, 3.05) is 24.5 Å². The predicted molar refractivity (Wildman–Crippen MR) is 118 cm³/mol. The zero-order valence-electron chi connectivity index (χ0n) is 17.4. The first-order valence-corrected chi connectivity index (χ1v) is 11.0. The van der Waals surface area contributed by atoms with Crippen LogP contribution in [0.3, 0.4) is 0 Å². The number of aryl methyl sites for hydroxylation is 1. The second-order valence-electron chi connectivity index (χ2n) is 8.14. The van der Waals surface area contributed by atoms with Crippen molar-refractivity contribution in [3.63, 3.8) is 0 Å². The number of hydrogen-bond donors (Lipinski definition) is 0. The van der Waals surface area contributed by atoms with Crippen molar-refractivity contribution >= 4 is 28.5 Å². The Bertz CT molecular complexity index is 1100. The molecule has 7 heteroatoms. The van der Waals surface area contributed by atoms with Crippen molar-refractivity contribution < 1.29 is 14.3 Å². The molecule has 3 aromatic rings. The Kier molecular flexibility index (Phi) is 5.32. The van der Waals surface area contributed by atoms with E-state index in [-0.39, 0.29) is 18.4 Å². The number of hydrogen-bond acceptors (Lipinski definition) is 4. The molecule has 160 valence electrons. The van der Waals surface area contributed by atoms with E-state index in [1.807, 2.05) is 58.0 Å². The van der Waals surface area contributed by atoms with Gasteiger partial charge in [0.05, 0.1) is 29.6 Å². The van der Waals surface area contributed by atoms with Crippen LogP contribution < -0.4 is 9.64 Å². The zero-order valence-corrected chi connectivity index (χ0v) is 17.4. The molecular weight excluding hydrogens is 392 g/mol. The molecule has 1 fully saturated rings. The second kappa shape index (κ2) is 8.41. The van der Waals surface area contributed by atoms with Gasteiger partial charge in [-0.05, 0) is 43.5 Å². The maximum absolute atomic E-state index is 13.2. The van der Waals surface area contributed by atoms with Gasteiger partial charge in [-0.15, -0.1) is 0 Å². The van der Waals surface area contributed by atoms with Crippen molar-refractivity contribution in [3.05, 3.63) is 54.9 Å². The monoisotopic (exact) mass is 418 g/mol. The van der Waals surface area contributed by atoms with E-state index in [0.29, 0.717) is 18.7 Å². The summed E-state index contributed by atoms with van der Waals surface area (Å²) in [6.07, 6.45) is 4.64. The number of para-hydroxylation sites is 4. The highest BCUT2D eigenvalue weighted by Crippen LogP contribution is 2.34. The van der Waals surface area contributed by atoms with Gasteiger partial charge in [-0.25, -0.2) is 4.98 Å². The molecule has 5 rings (SSSR count). The lowest BCUT2D eigenvalue weighted by atomic mass is 10.1. The quantitative estimate of drug-likeness (QED) is 0.652. The maximum atomic E-state index is 13.2. The van der Waals surface area contributed by atoms with Gasteiger partial charge < -0.3 is 19.1 Å². The lowest BCUT2D eigenvalue weighted by Gasteiger charge is -2.37. The normalized spacial score (nSPS) is 18.5. The first kappa shape index (κ1) is 19.6. The summed E-state index contributed by atoms with van der Waals surface area (Å²) in [6.45, 7) is 2.31. The maximum Gasteiger partial charge on any atom is 0.265 e. The highest BCUT2D eigenvalue weighted by molar-refractivity contribution is 5.97. The Labute approximate surface area is 181 Å². The molecule has 1 aromatic heterocycles. The van der Waals surface area contributed by atoms with Crippen molar-refractivity contribution in [1.82, 2.24) is 14.5 Å². The number of aromatic nitrogens is 2. The predicted octanol–water partition coefficient (Wildman–Crippen LogP) is 3.23. The number of fused-ring (bicyclic) bond motifs is 2. The number of imidazole rings is 1. The van der Waals surface area contributed by atoms with Crippen LogP contribution >= 0.6 is 0 Å². The fourth-order valence-electron chi connectivity index (χ4n) is 4.46. The summed E-state index contributed by atoms with van der Waals surface area (Å²) >= 11 is 0. The summed E-state index contributed by atoms with van der Waals surface area (Å²) in [5.41, 5.74) is 2.65. The van der Waals surface area contributed by atoms with Crippen molar-refractivity contribution in [1.29, 1.82) is 0 Å². The molecule has 31 heavy (non-hydrogen) atoms. The van der Waals surface area contributed by atoms with Gasteiger partial charge in [-0.1, -0.05) is 24.3 Å². The van der Waals surface area contributed by atoms with Crippen LogP contribution in [0, 0.1) is 0 Å². The summed E-state index contributed by atoms with van der Waals surface area (Å²) in [4.78, 5) is 34.3. The summed E-state index contributed by atoms with van der Waals surface area (Å²) in [6, 6.07) is 15.3. The van der Waals surface area contributed by atoms with E-state index in [4.69, 9.17) is 4.74 Å². The van der Waals surface area contributed by atoms with E-state index < -0.39 is 6.10 Å². The fraction of sp³-hybridized carbons (Fsp3) is 0.375. The molecule has 7 nitrogen and oxygen atoms in total. The van der Waals surface area contributed by atoms with E-state index in [0.717, 1.165) is 49.1 Å². The second-order valence-corrected chi connectivity index (χ2v) is 8.14. The number of carbonyl (C=O) groups excluding carboxylic acids is 2. The summed E-state index contributed by atoms with van der Waals surface area (Å²) in [7, 11) is 0. The molecule has 2 amide bonds. The Balaban J connectivity index is 1.33. The van der Waals surface area contributed by atoms with Gasteiger partial charge in [-0.3, -0.25) is 9.59 Å². The number of anilines is 1. The van der Waals surface area contributed by atoms with Crippen LogP contribution in [0.25, 0.3) is 11.0 Å². The molecule has 2 aliphatic heterocycles. The average molecular weight is 418 g/mol.